The number of hydroxylamine groups is 2. The molecule has 18 heavy (non-hydrogen) atoms. The zero-order chi connectivity index (χ0) is 14.3. The molecular weight excluding hydrogens is 247 g/mol. The fourth-order valence-electron chi connectivity index (χ4n) is 1.11. The first kappa shape index (κ1) is 16.4. The van der Waals surface area contributed by atoms with Gasteiger partial charge in [0.25, 0.3) is 0 Å². The number of benzene rings is 1. The van der Waals surface area contributed by atoms with E-state index >= 15 is 0 Å². The van der Waals surface area contributed by atoms with Crippen LogP contribution in [0.5, 0.6) is 0 Å². The number of rotatable bonds is 3. The van der Waals surface area contributed by atoms with E-state index in [4.69, 9.17) is 0 Å². The highest BCUT2D eigenvalue weighted by Gasteiger charge is 2.16. The van der Waals surface area contributed by atoms with Crippen molar-refractivity contribution in [1.82, 2.24) is 5.06 Å². The predicted octanol–water partition coefficient (Wildman–Crippen LogP) is 2.69. The molecule has 0 bridgehead atoms. The Bertz CT molecular complexity index is 411. The summed E-state index contributed by atoms with van der Waals surface area (Å²) in [6.07, 6.45) is -0.467. The molecule has 0 heterocycles. The van der Waals surface area contributed by atoms with Gasteiger partial charge in [-0.1, -0.05) is 13.8 Å². The highest BCUT2D eigenvalue weighted by molar-refractivity contribution is 5.77. The smallest absolute Gasteiger partial charge is 0.250 e. The molecule has 0 saturated heterocycles. The molecule has 1 aromatic carbocycles. The van der Waals surface area contributed by atoms with E-state index in [2.05, 4.69) is 4.84 Å². The first-order chi connectivity index (χ1) is 8.45. The van der Waals surface area contributed by atoms with Gasteiger partial charge < -0.3 is 0 Å². The fourth-order valence-corrected chi connectivity index (χ4v) is 1.11. The van der Waals surface area contributed by atoms with Crippen LogP contribution in [0.2, 0.25) is 0 Å². The largest absolute Gasteiger partial charge is 0.275 e. The minimum absolute atomic E-state index is 0.341. The Balaban J connectivity index is 0.00000137. The molecule has 0 aliphatic rings. The summed E-state index contributed by atoms with van der Waals surface area (Å²) in [4.78, 5) is 15.9. The molecule has 0 atom stereocenters. The van der Waals surface area contributed by atoms with Crippen molar-refractivity contribution in [3.8, 4) is 0 Å². The van der Waals surface area contributed by atoms with E-state index in [1.165, 1.54) is 14.2 Å². The van der Waals surface area contributed by atoms with Crippen LogP contribution in [0.15, 0.2) is 12.1 Å². The summed E-state index contributed by atoms with van der Waals surface area (Å²) >= 11 is 0. The van der Waals surface area contributed by atoms with Crippen molar-refractivity contribution in [3.63, 3.8) is 0 Å². The van der Waals surface area contributed by atoms with E-state index in [1.807, 2.05) is 13.8 Å². The summed E-state index contributed by atoms with van der Waals surface area (Å²) in [5.74, 6) is -4.07. The second kappa shape index (κ2) is 7.71. The maximum atomic E-state index is 13.2. The highest BCUT2D eigenvalue weighted by atomic mass is 19.2. The molecule has 0 aromatic heterocycles. The van der Waals surface area contributed by atoms with Crippen LogP contribution < -0.4 is 0 Å². The van der Waals surface area contributed by atoms with Crippen molar-refractivity contribution in [2.45, 2.75) is 20.3 Å². The number of carbonyl (C=O) groups excluding carboxylic acids is 1. The zero-order valence-electron chi connectivity index (χ0n) is 10.8. The Kier molecular flexibility index (Phi) is 7.04. The van der Waals surface area contributed by atoms with Crippen molar-refractivity contribution in [1.29, 1.82) is 0 Å². The number of hydrogen-bond acceptors (Lipinski definition) is 2. The first-order valence-corrected chi connectivity index (χ1v) is 5.39. The average molecular weight is 263 g/mol. The molecule has 1 amide bonds. The summed E-state index contributed by atoms with van der Waals surface area (Å²) in [6.45, 7) is 4.00. The third kappa shape index (κ3) is 4.37. The molecule has 0 aliphatic carbocycles. The normalized spacial score (nSPS) is 9.50. The van der Waals surface area contributed by atoms with Crippen LogP contribution in [0, 0.1) is 17.5 Å². The number of likely N-dealkylation sites (N-methyl/N-ethyl adjacent to an activating group) is 1. The topological polar surface area (TPSA) is 29.5 Å². The average Bonchev–Trinajstić information content (AvgIpc) is 2.36. The number of nitrogens with zero attached hydrogens (tertiary/aromatic N) is 1. The van der Waals surface area contributed by atoms with Crippen molar-refractivity contribution in [2.75, 3.05) is 14.2 Å². The molecule has 0 unspecified atom stereocenters. The van der Waals surface area contributed by atoms with Crippen molar-refractivity contribution in [2.24, 2.45) is 0 Å². The minimum Gasteiger partial charge on any atom is -0.275 e. The Labute approximate surface area is 104 Å². The zero-order valence-corrected chi connectivity index (χ0v) is 10.8. The second-order valence-electron chi connectivity index (χ2n) is 3.11. The molecule has 0 radical (unpaired) electrons. The van der Waals surface area contributed by atoms with Gasteiger partial charge in [0.2, 0.25) is 5.91 Å². The van der Waals surface area contributed by atoms with Crippen molar-refractivity contribution >= 4 is 5.91 Å². The van der Waals surface area contributed by atoms with E-state index in [-0.39, 0.29) is 5.56 Å². The van der Waals surface area contributed by atoms with Crippen LogP contribution in [0.3, 0.4) is 0 Å². The van der Waals surface area contributed by atoms with Gasteiger partial charge in [0.1, 0.15) is 5.82 Å². The van der Waals surface area contributed by atoms with E-state index < -0.39 is 29.8 Å². The molecule has 0 saturated carbocycles. The first-order valence-electron chi connectivity index (χ1n) is 5.39. The van der Waals surface area contributed by atoms with Crippen molar-refractivity contribution in [3.05, 3.63) is 35.1 Å². The highest BCUT2D eigenvalue weighted by Crippen LogP contribution is 2.15. The molecule has 1 aromatic rings. The van der Waals surface area contributed by atoms with Gasteiger partial charge >= 0.3 is 0 Å². The fraction of sp³-hybridized carbons (Fsp3) is 0.417. The Morgan fingerprint density at radius 2 is 1.83 bits per heavy atom. The lowest BCUT2D eigenvalue weighted by atomic mass is 10.1. The summed E-state index contributed by atoms with van der Waals surface area (Å²) < 4.78 is 38.7. The van der Waals surface area contributed by atoms with Gasteiger partial charge in [0.05, 0.1) is 13.5 Å². The number of halogens is 3. The van der Waals surface area contributed by atoms with Crippen LogP contribution in [0.25, 0.3) is 0 Å². The Morgan fingerprint density at radius 1 is 1.28 bits per heavy atom. The molecule has 6 heteroatoms. The van der Waals surface area contributed by atoms with E-state index in [0.717, 1.165) is 11.1 Å². The third-order valence-corrected chi connectivity index (χ3v) is 2.04. The van der Waals surface area contributed by atoms with E-state index in [0.29, 0.717) is 6.07 Å². The van der Waals surface area contributed by atoms with Gasteiger partial charge in [-0.15, -0.1) is 0 Å². The monoisotopic (exact) mass is 263 g/mol. The summed E-state index contributed by atoms with van der Waals surface area (Å²) in [5.41, 5.74) is -0.341. The predicted molar refractivity (Wildman–Crippen MR) is 61.1 cm³/mol. The third-order valence-electron chi connectivity index (χ3n) is 2.04. The molecule has 0 aliphatic heterocycles. The van der Waals surface area contributed by atoms with Gasteiger partial charge in [-0.05, 0) is 6.07 Å². The van der Waals surface area contributed by atoms with E-state index in [9.17, 15) is 18.0 Å². The molecule has 0 fully saturated rings. The van der Waals surface area contributed by atoms with Crippen LogP contribution in [-0.4, -0.2) is 25.1 Å². The van der Waals surface area contributed by atoms with Crippen molar-refractivity contribution < 1.29 is 22.8 Å². The standard InChI is InChI=1S/C10H10F3NO2.C2H6/c1-14(16-2)9(15)4-6-3-7(11)5-8(12)10(6)13;1-2/h3,5H,4H2,1-2H3;1-2H3. The Morgan fingerprint density at radius 3 is 2.33 bits per heavy atom. The summed E-state index contributed by atoms with van der Waals surface area (Å²) in [5, 5.41) is 0.849. The lowest BCUT2D eigenvalue weighted by Crippen LogP contribution is -2.27. The molecule has 102 valence electrons. The number of carbonyl (C=O) groups is 1. The molecule has 1 rings (SSSR count). The number of hydrogen-bond donors (Lipinski definition) is 0. The maximum absolute atomic E-state index is 13.2. The van der Waals surface area contributed by atoms with E-state index in [1.54, 1.807) is 0 Å². The Hall–Kier alpha value is -1.56. The SMILES string of the molecule is CC.CON(C)C(=O)Cc1cc(F)cc(F)c1F. The van der Waals surface area contributed by atoms with Gasteiger partial charge in [-0.3, -0.25) is 9.63 Å². The van der Waals surface area contributed by atoms with Gasteiger partial charge in [0.15, 0.2) is 11.6 Å². The van der Waals surface area contributed by atoms with Gasteiger partial charge in [-0.2, -0.15) is 0 Å². The minimum atomic E-state index is -1.32. The van der Waals surface area contributed by atoms with Crippen LogP contribution >= 0.6 is 0 Å². The second-order valence-corrected chi connectivity index (χ2v) is 3.11. The van der Waals surface area contributed by atoms with Crippen LogP contribution in [0.1, 0.15) is 19.4 Å². The van der Waals surface area contributed by atoms with Gasteiger partial charge in [0, 0.05) is 18.7 Å². The molecule has 3 nitrogen and oxygen atoms in total. The lowest BCUT2D eigenvalue weighted by Gasteiger charge is -2.13. The molecular formula is C12H16F3NO2. The number of amides is 1. The quantitative estimate of drug-likeness (QED) is 0.620. The lowest BCUT2D eigenvalue weighted by molar-refractivity contribution is -0.167. The van der Waals surface area contributed by atoms with Gasteiger partial charge in [-0.25, -0.2) is 18.2 Å². The van der Waals surface area contributed by atoms with Crippen LogP contribution in [0.4, 0.5) is 13.2 Å². The molecule has 0 spiro atoms. The van der Waals surface area contributed by atoms with Crippen LogP contribution in [-0.2, 0) is 16.1 Å². The maximum Gasteiger partial charge on any atom is 0.250 e. The summed E-state index contributed by atoms with van der Waals surface area (Å²) in [7, 11) is 2.57. The molecule has 0 N–H and O–H groups in total. The summed E-state index contributed by atoms with van der Waals surface area (Å²) in [6, 6.07) is 1.20.